The maximum Gasteiger partial charge on any atom is 0.236 e. The Labute approximate surface area is 96.2 Å². The molecule has 90 valence electrons. The summed E-state index contributed by atoms with van der Waals surface area (Å²) in [5.41, 5.74) is 3.19. The van der Waals surface area contributed by atoms with Gasteiger partial charge in [-0.2, -0.15) is 5.10 Å². The average molecular weight is 224 g/mol. The predicted octanol–water partition coefficient (Wildman–Crippen LogP) is 0.594. The number of carbonyl (C=O) groups excluding carboxylic acids is 1. The summed E-state index contributed by atoms with van der Waals surface area (Å²) in [4.78, 5) is 13.2. The SMILES string of the molecule is CCN(C)C(=O)CNCc1c(C)n[nH]c1C. The number of carbonyl (C=O) groups is 1. The van der Waals surface area contributed by atoms with Gasteiger partial charge in [-0.1, -0.05) is 0 Å². The van der Waals surface area contributed by atoms with E-state index in [0.29, 0.717) is 13.1 Å². The molecule has 5 nitrogen and oxygen atoms in total. The van der Waals surface area contributed by atoms with Gasteiger partial charge in [-0.25, -0.2) is 0 Å². The molecule has 1 heterocycles. The Balaban J connectivity index is 2.39. The highest BCUT2D eigenvalue weighted by atomic mass is 16.2. The van der Waals surface area contributed by atoms with E-state index in [0.717, 1.165) is 23.5 Å². The lowest BCUT2D eigenvalue weighted by atomic mass is 10.2. The fourth-order valence-electron chi connectivity index (χ4n) is 1.44. The number of likely N-dealkylation sites (N-methyl/N-ethyl adjacent to an activating group) is 1. The van der Waals surface area contributed by atoms with E-state index in [1.807, 2.05) is 20.8 Å². The summed E-state index contributed by atoms with van der Waals surface area (Å²) in [5.74, 6) is 0.112. The molecule has 1 aromatic heterocycles. The van der Waals surface area contributed by atoms with Crippen molar-refractivity contribution in [3.63, 3.8) is 0 Å². The molecule has 0 saturated carbocycles. The molecular weight excluding hydrogens is 204 g/mol. The zero-order chi connectivity index (χ0) is 12.1. The quantitative estimate of drug-likeness (QED) is 0.769. The van der Waals surface area contributed by atoms with Crippen LogP contribution in [-0.4, -0.2) is 41.1 Å². The third-order valence-electron chi connectivity index (χ3n) is 2.76. The molecule has 0 bridgehead atoms. The Morgan fingerprint density at radius 3 is 2.69 bits per heavy atom. The van der Waals surface area contributed by atoms with Crippen LogP contribution in [0, 0.1) is 13.8 Å². The summed E-state index contributed by atoms with van der Waals surface area (Å²) < 4.78 is 0. The lowest BCUT2D eigenvalue weighted by Crippen LogP contribution is -2.35. The van der Waals surface area contributed by atoms with Crippen molar-refractivity contribution >= 4 is 5.91 Å². The average Bonchev–Trinajstić information content (AvgIpc) is 2.59. The molecule has 0 aliphatic carbocycles. The molecular formula is C11H20N4O. The number of hydrogen-bond donors (Lipinski definition) is 2. The Morgan fingerprint density at radius 1 is 1.50 bits per heavy atom. The van der Waals surface area contributed by atoms with Crippen LogP contribution < -0.4 is 5.32 Å². The van der Waals surface area contributed by atoms with Crippen LogP contribution in [0.3, 0.4) is 0 Å². The highest BCUT2D eigenvalue weighted by Crippen LogP contribution is 2.07. The molecule has 0 saturated heterocycles. The summed E-state index contributed by atoms with van der Waals surface area (Å²) in [6, 6.07) is 0. The number of amides is 1. The second kappa shape index (κ2) is 5.65. The van der Waals surface area contributed by atoms with Crippen LogP contribution in [0.2, 0.25) is 0 Å². The number of nitrogens with zero attached hydrogens (tertiary/aromatic N) is 2. The van der Waals surface area contributed by atoms with Crippen LogP contribution in [0.25, 0.3) is 0 Å². The van der Waals surface area contributed by atoms with Gasteiger partial charge in [0.05, 0.1) is 12.2 Å². The van der Waals surface area contributed by atoms with Gasteiger partial charge in [-0.15, -0.1) is 0 Å². The zero-order valence-electron chi connectivity index (χ0n) is 10.4. The molecule has 2 N–H and O–H groups in total. The van der Waals surface area contributed by atoms with Gasteiger partial charge in [-0.05, 0) is 20.8 Å². The van der Waals surface area contributed by atoms with Crippen LogP contribution in [0.5, 0.6) is 0 Å². The number of aromatic nitrogens is 2. The van der Waals surface area contributed by atoms with Crippen LogP contribution >= 0.6 is 0 Å². The van der Waals surface area contributed by atoms with Crippen molar-refractivity contribution in [2.45, 2.75) is 27.3 Å². The van der Waals surface area contributed by atoms with Gasteiger partial charge >= 0.3 is 0 Å². The van der Waals surface area contributed by atoms with E-state index >= 15 is 0 Å². The monoisotopic (exact) mass is 224 g/mol. The summed E-state index contributed by atoms with van der Waals surface area (Å²) >= 11 is 0. The minimum absolute atomic E-state index is 0.112. The fraction of sp³-hybridized carbons (Fsp3) is 0.636. The molecule has 0 fully saturated rings. The molecule has 16 heavy (non-hydrogen) atoms. The Hall–Kier alpha value is -1.36. The first kappa shape index (κ1) is 12.7. The lowest BCUT2D eigenvalue weighted by molar-refractivity contribution is -0.128. The number of nitrogens with one attached hydrogen (secondary N) is 2. The minimum Gasteiger partial charge on any atom is -0.345 e. The van der Waals surface area contributed by atoms with Crippen LogP contribution in [0.4, 0.5) is 0 Å². The number of hydrogen-bond acceptors (Lipinski definition) is 3. The molecule has 0 spiro atoms. The maximum absolute atomic E-state index is 11.5. The molecule has 1 amide bonds. The largest absolute Gasteiger partial charge is 0.345 e. The van der Waals surface area contributed by atoms with Gasteiger partial charge in [0.1, 0.15) is 0 Å². The molecule has 0 radical (unpaired) electrons. The first-order chi connectivity index (χ1) is 7.56. The number of aromatic amines is 1. The first-order valence-corrected chi connectivity index (χ1v) is 5.51. The zero-order valence-corrected chi connectivity index (χ0v) is 10.4. The molecule has 0 aliphatic heterocycles. The van der Waals surface area contributed by atoms with Gasteiger partial charge < -0.3 is 10.2 Å². The highest BCUT2D eigenvalue weighted by Gasteiger charge is 2.08. The van der Waals surface area contributed by atoms with Gasteiger partial charge in [0.25, 0.3) is 0 Å². The van der Waals surface area contributed by atoms with Crippen LogP contribution in [0.1, 0.15) is 23.9 Å². The van der Waals surface area contributed by atoms with E-state index in [1.165, 1.54) is 0 Å². The van der Waals surface area contributed by atoms with Crippen LogP contribution in [-0.2, 0) is 11.3 Å². The number of H-pyrrole nitrogens is 1. The number of aryl methyl sites for hydroxylation is 2. The van der Waals surface area contributed by atoms with Crippen molar-refractivity contribution in [1.82, 2.24) is 20.4 Å². The van der Waals surface area contributed by atoms with Crippen molar-refractivity contribution < 1.29 is 4.79 Å². The summed E-state index contributed by atoms with van der Waals surface area (Å²) in [7, 11) is 1.80. The van der Waals surface area contributed by atoms with Crippen molar-refractivity contribution in [3.05, 3.63) is 17.0 Å². The van der Waals surface area contributed by atoms with E-state index in [2.05, 4.69) is 15.5 Å². The van der Waals surface area contributed by atoms with E-state index < -0.39 is 0 Å². The second-order valence-corrected chi connectivity index (χ2v) is 3.92. The molecule has 0 atom stereocenters. The highest BCUT2D eigenvalue weighted by molar-refractivity contribution is 5.77. The Kier molecular flexibility index (Phi) is 4.49. The van der Waals surface area contributed by atoms with Crippen molar-refractivity contribution in [1.29, 1.82) is 0 Å². The van der Waals surface area contributed by atoms with Gasteiger partial charge in [0, 0.05) is 31.4 Å². The third-order valence-corrected chi connectivity index (χ3v) is 2.76. The molecule has 0 aliphatic rings. The summed E-state index contributed by atoms with van der Waals surface area (Å²) in [6.45, 7) is 7.69. The van der Waals surface area contributed by atoms with E-state index in [-0.39, 0.29) is 5.91 Å². The predicted molar refractivity (Wildman–Crippen MR) is 63.1 cm³/mol. The van der Waals surface area contributed by atoms with Crippen molar-refractivity contribution in [3.8, 4) is 0 Å². The summed E-state index contributed by atoms with van der Waals surface area (Å²) in [5, 5.41) is 10.2. The molecule has 0 unspecified atom stereocenters. The fourth-order valence-corrected chi connectivity index (χ4v) is 1.44. The third kappa shape index (κ3) is 3.06. The minimum atomic E-state index is 0.112. The first-order valence-electron chi connectivity index (χ1n) is 5.51. The Morgan fingerprint density at radius 2 is 2.19 bits per heavy atom. The van der Waals surface area contributed by atoms with Crippen molar-refractivity contribution in [2.24, 2.45) is 0 Å². The van der Waals surface area contributed by atoms with Gasteiger partial charge in [0.2, 0.25) is 5.91 Å². The smallest absolute Gasteiger partial charge is 0.236 e. The molecule has 5 heteroatoms. The van der Waals surface area contributed by atoms with Crippen LogP contribution in [0.15, 0.2) is 0 Å². The second-order valence-electron chi connectivity index (χ2n) is 3.92. The number of rotatable bonds is 5. The van der Waals surface area contributed by atoms with E-state index in [1.54, 1.807) is 11.9 Å². The normalized spacial score (nSPS) is 10.5. The van der Waals surface area contributed by atoms with Gasteiger partial charge in [-0.3, -0.25) is 9.89 Å². The maximum atomic E-state index is 11.5. The summed E-state index contributed by atoms with van der Waals surface area (Å²) in [6.07, 6.45) is 0. The Bertz CT molecular complexity index is 339. The van der Waals surface area contributed by atoms with Gasteiger partial charge in [0.15, 0.2) is 0 Å². The topological polar surface area (TPSA) is 61.0 Å². The van der Waals surface area contributed by atoms with Crippen molar-refractivity contribution in [2.75, 3.05) is 20.1 Å². The molecule has 1 aromatic rings. The molecule has 1 rings (SSSR count). The van der Waals surface area contributed by atoms with E-state index in [9.17, 15) is 4.79 Å². The molecule has 0 aromatic carbocycles. The standard InChI is InChI=1S/C11H20N4O/c1-5-15(4)11(16)7-12-6-10-8(2)13-14-9(10)3/h12H,5-7H2,1-4H3,(H,13,14). The lowest BCUT2D eigenvalue weighted by Gasteiger charge is -2.14. The van der Waals surface area contributed by atoms with E-state index in [4.69, 9.17) is 0 Å².